The number of imidazole rings is 1. The molecule has 1 saturated heterocycles. The average molecular weight is 265 g/mol. The second kappa shape index (κ2) is 4.90. The number of fused-ring (bicyclic) bond motifs is 1. The van der Waals surface area contributed by atoms with E-state index in [1.165, 1.54) is 11.1 Å². The van der Waals surface area contributed by atoms with Crippen LogP contribution in [0.3, 0.4) is 0 Å². The van der Waals surface area contributed by atoms with Crippen LogP contribution in [-0.2, 0) is 23.6 Å². The lowest BCUT2D eigenvalue weighted by atomic mass is 10.1. The summed E-state index contributed by atoms with van der Waals surface area (Å²) in [6.45, 7) is 3.92. The Morgan fingerprint density at radius 3 is 2.94 bits per heavy atom. The van der Waals surface area contributed by atoms with Crippen LogP contribution in [0.4, 0.5) is 0 Å². The van der Waals surface area contributed by atoms with Crippen LogP contribution in [0.25, 0.3) is 11.0 Å². The Kier molecular flexibility index (Phi) is 3.27. The molecule has 4 heteroatoms. The first-order valence-electron chi connectivity index (χ1n) is 6.47. The Hall–Kier alpha value is -1.06. The number of alkyl halides is 1. The van der Waals surface area contributed by atoms with Crippen molar-refractivity contribution in [3.05, 3.63) is 29.6 Å². The molecule has 3 rings (SSSR count). The second-order valence-corrected chi connectivity index (χ2v) is 5.00. The van der Waals surface area contributed by atoms with Crippen LogP contribution in [0.1, 0.15) is 24.7 Å². The molecule has 1 atom stereocenters. The summed E-state index contributed by atoms with van der Waals surface area (Å²) in [6, 6.07) is 6.44. The van der Waals surface area contributed by atoms with Crippen LogP contribution in [0.15, 0.2) is 18.2 Å². The Morgan fingerprint density at radius 2 is 2.33 bits per heavy atom. The third-order valence-corrected chi connectivity index (χ3v) is 3.84. The molecular weight excluding hydrogens is 248 g/mol. The fourth-order valence-corrected chi connectivity index (χ4v) is 2.58. The number of rotatable bonds is 4. The van der Waals surface area contributed by atoms with Crippen molar-refractivity contribution in [2.24, 2.45) is 0 Å². The molecule has 0 spiro atoms. The Balaban J connectivity index is 2.05. The summed E-state index contributed by atoms with van der Waals surface area (Å²) < 4.78 is 7.73. The molecular formula is C14H17ClN2O. The first kappa shape index (κ1) is 12.0. The maximum atomic E-state index is 6.00. The molecule has 0 bridgehead atoms. The molecule has 0 amide bonds. The third kappa shape index (κ3) is 2.02. The number of hydrogen-bond acceptors (Lipinski definition) is 2. The van der Waals surface area contributed by atoms with E-state index in [1.807, 2.05) is 0 Å². The predicted molar refractivity (Wildman–Crippen MR) is 73.0 cm³/mol. The number of aryl methyl sites for hydroxylation is 1. The molecule has 3 nitrogen and oxygen atoms in total. The predicted octanol–water partition coefficient (Wildman–Crippen LogP) is 3.13. The Morgan fingerprint density at radius 1 is 1.50 bits per heavy atom. The highest BCUT2D eigenvalue weighted by molar-refractivity contribution is 6.16. The van der Waals surface area contributed by atoms with Crippen LogP contribution in [0.5, 0.6) is 0 Å². The molecule has 18 heavy (non-hydrogen) atoms. The monoisotopic (exact) mass is 264 g/mol. The van der Waals surface area contributed by atoms with Gasteiger partial charge in [0.15, 0.2) is 0 Å². The first-order valence-corrected chi connectivity index (χ1v) is 7.01. The van der Waals surface area contributed by atoms with E-state index >= 15 is 0 Å². The minimum absolute atomic E-state index is 0.328. The quantitative estimate of drug-likeness (QED) is 0.794. The second-order valence-electron chi connectivity index (χ2n) is 4.73. The van der Waals surface area contributed by atoms with Crippen molar-refractivity contribution >= 4 is 22.6 Å². The minimum atomic E-state index is 0.328. The minimum Gasteiger partial charge on any atom is -0.376 e. The standard InChI is InChI=1S/C14H17ClN2O/c1-2-10-3-4-12-13(7-10)17(14(8-15)16-12)9-11-5-6-18-11/h3-4,7,11H,2,5-6,8-9H2,1H3. The topological polar surface area (TPSA) is 27.1 Å². The van der Waals surface area contributed by atoms with Crippen molar-refractivity contribution in [2.45, 2.75) is 38.3 Å². The number of halogens is 1. The third-order valence-electron chi connectivity index (χ3n) is 3.60. The zero-order valence-corrected chi connectivity index (χ0v) is 11.3. The molecule has 2 heterocycles. The Labute approximate surface area is 112 Å². The van der Waals surface area contributed by atoms with Gasteiger partial charge in [0, 0.05) is 6.61 Å². The van der Waals surface area contributed by atoms with E-state index < -0.39 is 0 Å². The van der Waals surface area contributed by atoms with Crippen molar-refractivity contribution in [1.82, 2.24) is 9.55 Å². The van der Waals surface area contributed by atoms with E-state index in [-0.39, 0.29) is 0 Å². The molecule has 1 aliphatic heterocycles. The summed E-state index contributed by atoms with van der Waals surface area (Å²) in [4.78, 5) is 4.59. The number of nitrogens with zero attached hydrogens (tertiary/aromatic N) is 2. The van der Waals surface area contributed by atoms with Gasteiger partial charge in [-0.3, -0.25) is 0 Å². The van der Waals surface area contributed by atoms with Crippen LogP contribution < -0.4 is 0 Å². The van der Waals surface area contributed by atoms with E-state index in [0.717, 1.165) is 37.3 Å². The maximum Gasteiger partial charge on any atom is 0.124 e. The number of aromatic nitrogens is 2. The molecule has 1 aliphatic rings. The van der Waals surface area contributed by atoms with Gasteiger partial charge in [0.1, 0.15) is 5.82 Å². The lowest BCUT2D eigenvalue weighted by Crippen LogP contribution is -2.31. The van der Waals surface area contributed by atoms with Gasteiger partial charge in [0.25, 0.3) is 0 Å². The number of hydrogen-bond donors (Lipinski definition) is 0. The zero-order valence-electron chi connectivity index (χ0n) is 10.5. The maximum absolute atomic E-state index is 6.00. The summed E-state index contributed by atoms with van der Waals surface area (Å²) in [5.74, 6) is 1.39. The highest BCUT2D eigenvalue weighted by Crippen LogP contribution is 2.23. The summed E-state index contributed by atoms with van der Waals surface area (Å²) >= 11 is 6.00. The van der Waals surface area contributed by atoms with Gasteiger partial charge in [-0.25, -0.2) is 4.98 Å². The smallest absolute Gasteiger partial charge is 0.124 e. The molecule has 1 aromatic heterocycles. The molecule has 0 aliphatic carbocycles. The summed E-state index contributed by atoms with van der Waals surface area (Å²) in [6.07, 6.45) is 2.50. The molecule has 1 unspecified atom stereocenters. The number of ether oxygens (including phenoxy) is 1. The van der Waals surface area contributed by atoms with Gasteiger partial charge < -0.3 is 9.30 Å². The van der Waals surface area contributed by atoms with Crippen LogP contribution in [0.2, 0.25) is 0 Å². The Bertz CT molecular complexity index is 560. The van der Waals surface area contributed by atoms with Gasteiger partial charge in [-0.1, -0.05) is 13.0 Å². The fraction of sp³-hybridized carbons (Fsp3) is 0.500. The molecule has 2 aromatic rings. The van der Waals surface area contributed by atoms with Crippen molar-refractivity contribution < 1.29 is 4.74 Å². The molecule has 1 fully saturated rings. The van der Waals surface area contributed by atoms with Gasteiger partial charge >= 0.3 is 0 Å². The van der Waals surface area contributed by atoms with E-state index in [1.54, 1.807) is 0 Å². The fourth-order valence-electron chi connectivity index (χ4n) is 2.38. The van der Waals surface area contributed by atoms with Gasteiger partial charge in [-0.2, -0.15) is 0 Å². The van der Waals surface area contributed by atoms with Crippen molar-refractivity contribution in [3.63, 3.8) is 0 Å². The van der Waals surface area contributed by atoms with Crippen molar-refractivity contribution in [3.8, 4) is 0 Å². The average Bonchev–Trinajstić information content (AvgIpc) is 2.70. The van der Waals surface area contributed by atoms with Gasteiger partial charge in [-0.15, -0.1) is 11.6 Å². The van der Waals surface area contributed by atoms with Crippen molar-refractivity contribution in [2.75, 3.05) is 6.61 Å². The van der Waals surface area contributed by atoms with E-state index in [2.05, 4.69) is 34.7 Å². The summed E-state index contributed by atoms with van der Waals surface area (Å²) in [5.41, 5.74) is 3.54. The van der Waals surface area contributed by atoms with E-state index in [9.17, 15) is 0 Å². The molecule has 0 saturated carbocycles. The first-order chi connectivity index (χ1) is 8.81. The molecule has 0 N–H and O–H groups in total. The largest absolute Gasteiger partial charge is 0.376 e. The summed E-state index contributed by atoms with van der Waals surface area (Å²) in [5, 5.41) is 0. The lowest BCUT2D eigenvalue weighted by Gasteiger charge is -2.27. The highest BCUT2D eigenvalue weighted by atomic mass is 35.5. The highest BCUT2D eigenvalue weighted by Gasteiger charge is 2.21. The molecule has 1 aromatic carbocycles. The lowest BCUT2D eigenvalue weighted by molar-refractivity contribution is -0.0589. The van der Waals surface area contributed by atoms with Crippen LogP contribution >= 0.6 is 11.6 Å². The normalized spacial score (nSPS) is 19.1. The van der Waals surface area contributed by atoms with Gasteiger partial charge in [0.05, 0.1) is 29.6 Å². The van der Waals surface area contributed by atoms with Crippen LogP contribution in [-0.4, -0.2) is 22.3 Å². The zero-order chi connectivity index (χ0) is 12.5. The SMILES string of the molecule is CCc1ccc2nc(CCl)n(CC3CCO3)c2c1. The number of benzene rings is 1. The van der Waals surface area contributed by atoms with Crippen molar-refractivity contribution in [1.29, 1.82) is 0 Å². The van der Waals surface area contributed by atoms with Gasteiger partial charge in [0.2, 0.25) is 0 Å². The summed E-state index contributed by atoms with van der Waals surface area (Å²) in [7, 11) is 0. The van der Waals surface area contributed by atoms with Crippen LogP contribution in [0, 0.1) is 0 Å². The van der Waals surface area contributed by atoms with Gasteiger partial charge in [-0.05, 0) is 30.5 Å². The van der Waals surface area contributed by atoms with E-state index in [4.69, 9.17) is 16.3 Å². The molecule has 96 valence electrons. The molecule has 0 radical (unpaired) electrons. The van der Waals surface area contributed by atoms with E-state index in [0.29, 0.717) is 12.0 Å².